The second-order valence-corrected chi connectivity index (χ2v) is 4.47. The number of benzene rings is 1. The van der Waals surface area contributed by atoms with Gasteiger partial charge in [-0.05, 0) is 25.6 Å². The van der Waals surface area contributed by atoms with Crippen LogP contribution in [0.2, 0.25) is 0 Å². The molecule has 1 aromatic carbocycles. The maximum atomic E-state index is 14.1. The molecule has 3 aromatic rings. The second kappa shape index (κ2) is 4.83. The van der Waals surface area contributed by atoms with E-state index in [1.165, 1.54) is 0 Å². The lowest BCUT2D eigenvalue weighted by molar-refractivity contribution is 0.0888. The molecule has 4 nitrogen and oxygen atoms in total. The largest absolute Gasteiger partial charge is 0.347 e. The van der Waals surface area contributed by atoms with Crippen LogP contribution in [0.25, 0.3) is 10.9 Å². The first kappa shape index (κ1) is 4.34. The predicted octanol–water partition coefficient (Wildman–Crippen LogP) is 3.13. The van der Waals surface area contributed by atoms with Crippen molar-refractivity contribution >= 4 is 16.7 Å². The first-order chi connectivity index (χ1) is 17.4. The van der Waals surface area contributed by atoms with Crippen LogP contribution in [0.5, 0.6) is 0 Å². The third-order valence-electron chi connectivity index (χ3n) is 3.23. The average Bonchev–Trinajstić information content (AvgIpc) is 3.43. The summed E-state index contributed by atoms with van der Waals surface area (Å²) in [6, 6.07) is -3.86. The first-order valence-electron chi connectivity index (χ1n) is 14.6. The number of aryl methyl sites for hydroxylation is 2. The van der Waals surface area contributed by atoms with Gasteiger partial charge in [-0.25, -0.2) is 4.98 Å². The second-order valence-electron chi connectivity index (χ2n) is 4.47. The van der Waals surface area contributed by atoms with Crippen molar-refractivity contribution in [1.29, 1.82) is 0 Å². The molecule has 0 saturated carbocycles. The molecule has 0 amide bonds. The van der Waals surface area contributed by atoms with E-state index < -0.39 is 96.9 Å². The van der Waals surface area contributed by atoms with Gasteiger partial charge in [-0.1, -0.05) is 18.1 Å². The Balaban J connectivity index is 2.26. The normalized spacial score (nSPS) is 38.9. The Labute approximate surface area is 153 Å². The van der Waals surface area contributed by atoms with E-state index in [0.717, 1.165) is 12.4 Å². The molecule has 2 aromatic heterocycles. The summed E-state index contributed by atoms with van der Waals surface area (Å²) in [6.07, 6.45) is -6.06. The van der Waals surface area contributed by atoms with Crippen molar-refractivity contribution in [3.8, 4) is 0 Å². The summed E-state index contributed by atoms with van der Waals surface area (Å²) in [5.41, 5.74) is -3.21. The lowest BCUT2D eigenvalue weighted by atomic mass is 9.85. The molecule has 112 valence electrons. The van der Waals surface area contributed by atoms with Gasteiger partial charge >= 0.3 is 0 Å². The highest BCUT2D eigenvalue weighted by Gasteiger charge is 2.32. The molecular formula is C18H19N3O. The van der Waals surface area contributed by atoms with Crippen molar-refractivity contribution in [2.75, 3.05) is 0 Å². The summed E-state index contributed by atoms with van der Waals surface area (Å²) >= 11 is 0. The highest BCUT2D eigenvalue weighted by atomic mass is 16.1. The lowest BCUT2D eigenvalue weighted by Gasteiger charge is -2.23. The monoisotopic (exact) mass is 310 g/mol. The van der Waals surface area contributed by atoms with Crippen LogP contribution < -0.4 is 0 Å². The van der Waals surface area contributed by atoms with E-state index in [1.54, 1.807) is 0 Å². The minimum absolute atomic E-state index is 0.103. The highest BCUT2D eigenvalue weighted by Crippen LogP contribution is 2.34. The van der Waals surface area contributed by atoms with Crippen LogP contribution in [-0.2, 0) is 19.8 Å². The van der Waals surface area contributed by atoms with E-state index in [4.69, 9.17) is 23.3 Å². The zero-order valence-electron chi connectivity index (χ0n) is 27.9. The number of imidazole rings is 1. The van der Waals surface area contributed by atoms with E-state index in [-0.39, 0.29) is 9.13 Å². The highest BCUT2D eigenvalue weighted by molar-refractivity contribution is 6.11. The van der Waals surface area contributed by atoms with Gasteiger partial charge in [-0.3, -0.25) is 4.79 Å². The fraction of sp³-hybridized carbons (Fsp3) is 0.333. The van der Waals surface area contributed by atoms with Crippen LogP contribution >= 0.6 is 0 Å². The number of carbonyl (C=O) groups is 1. The van der Waals surface area contributed by atoms with Gasteiger partial charge in [0.15, 0.2) is 5.78 Å². The summed E-state index contributed by atoms with van der Waals surface area (Å²) < 4.78 is 140. The summed E-state index contributed by atoms with van der Waals surface area (Å²) in [4.78, 5) is 17.6. The number of rotatable bonds is 2. The molecule has 0 radical (unpaired) electrons. The molecule has 1 unspecified atom stereocenters. The Bertz CT molecular complexity index is 1540. The molecule has 1 atom stereocenters. The Morgan fingerprint density at radius 1 is 1.59 bits per heavy atom. The van der Waals surface area contributed by atoms with Gasteiger partial charge in [0.1, 0.15) is 5.82 Å². The van der Waals surface area contributed by atoms with Crippen molar-refractivity contribution in [3.63, 3.8) is 0 Å². The maximum Gasteiger partial charge on any atom is 0.170 e. The number of ketones is 1. The molecule has 0 fully saturated rings. The molecule has 22 heavy (non-hydrogen) atoms. The number of carbonyl (C=O) groups excluding carboxylic acids is 1. The van der Waals surface area contributed by atoms with Crippen molar-refractivity contribution in [3.05, 3.63) is 53.6 Å². The van der Waals surface area contributed by atoms with Crippen LogP contribution in [0, 0.1) is 12.7 Å². The van der Waals surface area contributed by atoms with E-state index >= 15 is 0 Å². The molecule has 2 heterocycles. The first-order valence-corrected chi connectivity index (χ1v) is 6.15. The van der Waals surface area contributed by atoms with Gasteiger partial charge in [-0.2, -0.15) is 0 Å². The predicted molar refractivity (Wildman–Crippen MR) is 86.0 cm³/mol. The van der Waals surface area contributed by atoms with Gasteiger partial charge in [-0.15, -0.1) is 0 Å². The number of hydrogen-bond acceptors (Lipinski definition) is 2. The summed E-state index contributed by atoms with van der Waals surface area (Å²) in [7, 11) is 0. The Morgan fingerprint density at radius 2 is 2.50 bits per heavy atom. The van der Waals surface area contributed by atoms with Crippen LogP contribution in [0.4, 0.5) is 0 Å². The van der Waals surface area contributed by atoms with Crippen molar-refractivity contribution in [2.45, 2.75) is 26.1 Å². The number of para-hydroxylation sites is 1. The fourth-order valence-electron chi connectivity index (χ4n) is 2.23. The van der Waals surface area contributed by atoms with Gasteiger partial charge in [0.05, 0.1) is 8.22 Å². The van der Waals surface area contributed by atoms with Crippen LogP contribution in [0.15, 0.2) is 36.6 Å². The van der Waals surface area contributed by atoms with Crippen LogP contribution in [-0.4, -0.2) is 19.9 Å². The van der Waals surface area contributed by atoms with Gasteiger partial charge in [0, 0.05) is 69.0 Å². The molecule has 4 rings (SSSR count). The van der Waals surface area contributed by atoms with Crippen LogP contribution in [0.3, 0.4) is 0 Å². The third-order valence-corrected chi connectivity index (χ3v) is 3.23. The number of aromatic nitrogens is 3. The Kier molecular flexibility index (Phi) is 0.954. The minimum Gasteiger partial charge on any atom is -0.347 e. The van der Waals surface area contributed by atoms with Crippen molar-refractivity contribution in [2.24, 2.45) is 12.9 Å². The molecular weight excluding hydrogens is 274 g/mol. The number of nitrogens with zero attached hydrogens (tertiary/aromatic N) is 3. The van der Waals surface area contributed by atoms with E-state index in [2.05, 4.69) is 4.98 Å². The van der Waals surface area contributed by atoms with Crippen molar-refractivity contribution in [1.82, 2.24) is 14.1 Å². The Morgan fingerprint density at radius 3 is 3.36 bits per heavy atom. The molecule has 4 heteroatoms. The number of Topliss-reactive ketones (excluding diaryl/α,β-unsaturated/α-hetero) is 1. The van der Waals surface area contributed by atoms with Crippen molar-refractivity contribution < 1.29 is 28.1 Å². The molecule has 0 bridgehead atoms. The van der Waals surface area contributed by atoms with Gasteiger partial charge < -0.3 is 9.13 Å². The van der Waals surface area contributed by atoms with E-state index in [0.29, 0.717) is 0 Å². The SMILES string of the molecule is [2H]c1c([2H])c([2H])c2c(c1[2H])c1c(n2C([2H])([2H])[2H])C([2H])([2H])C([2H])([2H])C([2H])(C([2H])([2H])n2ccnc2C([2H])([2H])[2H])C1=O. The molecule has 1 aliphatic carbocycles. The molecule has 0 aliphatic heterocycles. The topological polar surface area (TPSA) is 39.8 Å². The van der Waals surface area contributed by atoms with Gasteiger partial charge in [0.2, 0.25) is 0 Å². The zero-order valence-corrected chi connectivity index (χ0v) is 10.9. The quantitative estimate of drug-likeness (QED) is 0.729. The molecule has 1 aliphatic rings. The number of hydrogen-bond donors (Lipinski definition) is 0. The molecule has 0 N–H and O–H groups in total. The van der Waals surface area contributed by atoms with E-state index in [1.807, 2.05) is 0 Å². The van der Waals surface area contributed by atoms with Crippen LogP contribution in [0.1, 0.15) is 51.6 Å². The average molecular weight is 310 g/mol. The fourth-order valence-corrected chi connectivity index (χ4v) is 2.23. The minimum atomic E-state index is -3.92. The smallest absolute Gasteiger partial charge is 0.170 e. The summed E-state index contributed by atoms with van der Waals surface area (Å²) in [5.74, 6) is -6.71. The van der Waals surface area contributed by atoms with E-state index in [9.17, 15) is 4.79 Å². The maximum absolute atomic E-state index is 14.1. The standard InChI is InChI=1S/C18H19N3O/c1-12-19-9-10-21(12)11-13-7-8-16-17(18(13)22)14-5-3-4-6-15(14)20(16)2/h3-6,9-10,13H,7-8,11H2,1-2H3/i1D3,2D3,3D,4D,5D,6D,7D2,8D2,11D2,13D. The Hall–Kier alpha value is -2.36. The molecule has 0 spiro atoms. The molecule has 0 saturated heterocycles. The third kappa shape index (κ3) is 1.83. The zero-order chi connectivity index (χ0) is 30.0. The summed E-state index contributed by atoms with van der Waals surface area (Å²) in [6.45, 7) is -10.2. The van der Waals surface area contributed by atoms with Gasteiger partial charge in [0.25, 0.3) is 0 Å². The number of fused-ring (bicyclic) bond motifs is 3. The summed E-state index contributed by atoms with van der Waals surface area (Å²) in [5, 5.41) is -0.842. The lowest BCUT2D eigenvalue weighted by Crippen LogP contribution is -2.27.